The fourth-order valence-electron chi connectivity index (χ4n) is 3.62. The van der Waals surface area contributed by atoms with Gasteiger partial charge in [0, 0.05) is 25.6 Å². The lowest BCUT2D eigenvalue weighted by atomic mass is 9.95. The van der Waals surface area contributed by atoms with Crippen molar-refractivity contribution in [2.45, 2.75) is 25.9 Å². The van der Waals surface area contributed by atoms with Crippen LogP contribution in [-0.2, 0) is 6.54 Å². The second-order valence-corrected chi connectivity index (χ2v) is 6.63. The Morgan fingerprint density at radius 3 is 2.76 bits per heavy atom. The largest absolute Gasteiger partial charge is 0.355 e. The van der Waals surface area contributed by atoms with E-state index in [0.717, 1.165) is 37.5 Å². The summed E-state index contributed by atoms with van der Waals surface area (Å²) < 4.78 is 2.29. The van der Waals surface area contributed by atoms with Crippen LogP contribution in [0.5, 0.6) is 0 Å². The number of imidazole rings is 1. The van der Waals surface area contributed by atoms with Crippen LogP contribution in [0.3, 0.4) is 0 Å². The number of hydrogen-bond donors (Lipinski definition) is 3. The lowest BCUT2D eigenvalue weighted by molar-refractivity contribution is 0.491. The lowest BCUT2D eigenvalue weighted by Gasteiger charge is -2.20. The molecular weight excluding hydrogens is 310 g/mol. The van der Waals surface area contributed by atoms with Crippen LogP contribution in [0.15, 0.2) is 54.6 Å². The quantitative estimate of drug-likeness (QED) is 0.647. The van der Waals surface area contributed by atoms with Crippen LogP contribution >= 0.6 is 0 Å². The van der Waals surface area contributed by atoms with Gasteiger partial charge >= 0.3 is 0 Å². The van der Waals surface area contributed by atoms with Gasteiger partial charge in [0.2, 0.25) is 5.95 Å². The third kappa shape index (κ3) is 3.25. The van der Waals surface area contributed by atoms with Gasteiger partial charge in [-0.2, -0.15) is 0 Å². The Kier molecular flexibility index (Phi) is 4.68. The first kappa shape index (κ1) is 16.1. The summed E-state index contributed by atoms with van der Waals surface area (Å²) in [5.74, 6) is 1.44. The minimum atomic E-state index is 0.317. The molecule has 0 radical (unpaired) electrons. The maximum Gasteiger partial charge on any atom is 0.203 e. The molecule has 130 valence electrons. The van der Waals surface area contributed by atoms with E-state index in [1.54, 1.807) is 0 Å². The predicted molar refractivity (Wildman–Crippen MR) is 102 cm³/mol. The summed E-state index contributed by atoms with van der Waals surface area (Å²) in [7, 11) is 0. The number of nitrogens with zero attached hydrogens (tertiary/aromatic N) is 2. The molecule has 0 spiro atoms. The summed E-state index contributed by atoms with van der Waals surface area (Å²) in [5.41, 5.74) is 10.3. The molecule has 4 rings (SSSR count). The Bertz CT molecular complexity index is 826. The number of hydrogen-bond acceptors (Lipinski definition) is 4. The van der Waals surface area contributed by atoms with Crippen LogP contribution in [0.4, 0.5) is 5.95 Å². The van der Waals surface area contributed by atoms with Crippen molar-refractivity contribution in [3.05, 3.63) is 60.2 Å². The summed E-state index contributed by atoms with van der Waals surface area (Å²) >= 11 is 0. The molecule has 25 heavy (non-hydrogen) atoms. The van der Waals surface area contributed by atoms with E-state index in [-0.39, 0.29) is 0 Å². The number of nitrogens with one attached hydrogen (secondary N) is 3. The van der Waals surface area contributed by atoms with Gasteiger partial charge in [0.25, 0.3) is 0 Å². The number of rotatable bonds is 6. The molecule has 2 heterocycles. The van der Waals surface area contributed by atoms with Crippen molar-refractivity contribution < 1.29 is 0 Å². The van der Waals surface area contributed by atoms with Gasteiger partial charge < -0.3 is 9.88 Å². The zero-order valence-electron chi connectivity index (χ0n) is 14.6. The molecule has 0 aliphatic carbocycles. The van der Waals surface area contributed by atoms with Gasteiger partial charge in [-0.25, -0.2) is 10.4 Å². The summed E-state index contributed by atoms with van der Waals surface area (Å²) in [6.07, 6.45) is 1.09. The van der Waals surface area contributed by atoms with E-state index in [1.165, 1.54) is 11.1 Å². The van der Waals surface area contributed by atoms with E-state index in [9.17, 15) is 0 Å². The molecule has 1 aliphatic heterocycles. The molecule has 1 aromatic heterocycles. The van der Waals surface area contributed by atoms with E-state index >= 15 is 0 Å². The average Bonchev–Trinajstić information content (AvgIpc) is 3.26. The fraction of sp³-hybridized carbons (Fsp3) is 0.350. The van der Waals surface area contributed by atoms with Gasteiger partial charge in [0.05, 0.1) is 17.1 Å². The van der Waals surface area contributed by atoms with Crippen LogP contribution < -0.4 is 16.2 Å². The summed E-state index contributed by atoms with van der Waals surface area (Å²) in [5, 5.41) is 3.60. The summed E-state index contributed by atoms with van der Waals surface area (Å²) in [4.78, 5) is 4.80. The highest BCUT2D eigenvalue weighted by Crippen LogP contribution is 2.26. The minimum Gasteiger partial charge on any atom is -0.355 e. The third-order valence-electron chi connectivity index (χ3n) is 4.88. The van der Waals surface area contributed by atoms with Crippen molar-refractivity contribution in [1.29, 1.82) is 0 Å². The molecule has 2 unspecified atom stereocenters. The molecule has 3 N–H and O–H groups in total. The van der Waals surface area contributed by atoms with E-state index in [0.29, 0.717) is 12.0 Å². The standard InChI is InChI=1S/C20H25N5/c1-2-12-25-18-11-7-6-10-17(18)23-20(25)21-13-16-14-22-24-19(16)15-8-4-3-5-9-15/h3-11,16,19,22,24H,2,12-14H2,1H3,(H,21,23). The van der Waals surface area contributed by atoms with Gasteiger partial charge in [-0.1, -0.05) is 49.4 Å². The van der Waals surface area contributed by atoms with Crippen molar-refractivity contribution in [1.82, 2.24) is 20.4 Å². The minimum absolute atomic E-state index is 0.317. The molecule has 0 amide bonds. The molecular formula is C20H25N5. The van der Waals surface area contributed by atoms with Crippen LogP contribution in [0, 0.1) is 5.92 Å². The monoisotopic (exact) mass is 335 g/mol. The first-order valence-corrected chi connectivity index (χ1v) is 9.09. The molecule has 0 bridgehead atoms. The second-order valence-electron chi connectivity index (χ2n) is 6.63. The first-order valence-electron chi connectivity index (χ1n) is 9.09. The molecule has 3 aromatic rings. The third-order valence-corrected chi connectivity index (χ3v) is 4.88. The number of hydrazine groups is 1. The van der Waals surface area contributed by atoms with Crippen molar-refractivity contribution in [3.63, 3.8) is 0 Å². The lowest BCUT2D eigenvalue weighted by Crippen LogP contribution is -2.26. The number of benzene rings is 2. The average molecular weight is 335 g/mol. The first-order chi connectivity index (χ1) is 12.4. The number of para-hydroxylation sites is 2. The number of anilines is 1. The number of aromatic nitrogens is 2. The molecule has 5 nitrogen and oxygen atoms in total. The Labute approximate surface area is 148 Å². The topological polar surface area (TPSA) is 53.9 Å². The Hall–Kier alpha value is -2.37. The van der Waals surface area contributed by atoms with E-state index < -0.39 is 0 Å². The zero-order valence-corrected chi connectivity index (χ0v) is 14.6. The molecule has 1 saturated heterocycles. The van der Waals surface area contributed by atoms with E-state index in [4.69, 9.17) is 4.98 Å². The smallest absolute Gasteiger partial charge is 0.203 e. The van der Waals surface area contributed by atoms with E-state index in [1.807, 2.05) is 6.07 Å². The fourth-order valence-corrected chi connectivity index (χ4v) is 3.62. The van der Waals surface area contributed by atoms with Crippen LogP contribution in [0.2, 0.25) is 0 Å². The molecule has 2 atom stereocenters. The van der Waals surface area contributed by atoms with Crippen molar-refractivity contribution in [2.75, 3.05) is 18.4 Å². The van der Waals surface area contributed by atoms with E-state index in [2.05, 4.69) is 76.2 Å². The zero-order chi connectivity index (χ0) is 17.1. The van der Waals surface area contributed by atoms with Crippen molar-refractivity contribution in [2.24, 2.45) is 5.92 Å². The van der Waals surface area contributed by atoms with Crippen molar-refractivity contribution in [3.8, 4) is 0 Å². The van der Waals surface area contributed by atoms with Gasteiger partial charge in [-0.05, 0) is 24.1 Å². The normalized spacial score (nSPS) is 20.2. The van der Waals surface area contributed by atoms with Gasteiger partial charge in [-0.3, -0.25) is 5.43 Å². The highest BCUT2D eigenvalue weighted by Gasteiger charge is 2.28. The van der Waals surface area contributed by atoms with Gasteiger partial charge in [0.1, 0.15) is 0 Å². The predicted octanol–water partition coefficient (Wildman–Crippen LogP) is 3.32. The van der Waals surface area contributed by atoms with Crippen LogP contribution in [-0.4, -0.2) is 22.6 Å². The number of aryl methyl sites for hydroxylation is 1. The van der Waals surface area contributed by atoms with Crippen molar-refractivity contribution >= 4 is 17.0 Å². The summed E-state index contributed by atoms with van der Waals surface area (Å²) in [6, 6.07) is 19.3. The van der Waals surface area contributed by atoms with Crippen LogP contribution in [0.1, 0.15) is 24.9 Å². The second kappa shape index (κ2) is 7.25. The Balaban J connectivity index is 1.53. The van der Waals surface area contributed by atoms with Gasteiger partial charge in [0.15, 0.2) is 0 Å². The van der Waals surface area contributed by atoms with Gasteiger partial charge in [-0.15, -0.1) is 0 Å². The maximum atomic E-state index is 4.80. The summed E-state index contributed by atoms with van der Waals surface area (Å²) in [6.45, 7) is 5.01. The SMILES string of the molecule is CCCn1c(NCC2CNNC2c2ccccc2)nc2ccccc21. The molecule has 5 heteroatoms. The highest BCUT2D eigenvalue weighted by molar-refractivity contribution is 5.78. The molecule has 0 saturated carbocycles. The van der Waals surface area contributed by atoms with Crippen LogP contribution in [0.25, 0.3) is 11.0 Å². The Morgan fingerprint density at radius 1 is 1.12 bits per heavy atom. The molecule has 1 aliphatic rings. The highest BCUT2D eigenvalue weighted by atomic mass is 15.4. The Morgan fingerprint density at radius 2 is 1.92 bits per heavy atom. The molecule has 1 fully saturated rings. The maximum absolute atomic E-state index is 4.80. The number of fused-ring (bicyclic) bond motifs is 1. The molecule has 2 aromatic carbocycles.